The van der Waals surface area contributed by atoms with Crippen LogP contribution in [0.1, 0.15) is 85.1 Å². The molecular weight excluding hydrogens is 456 g/mol. The van der Waals surface area contributed by atoms with E-state index in [1.165, 1.54) is 5.56 Å². The number of methoxy groups -OCH3 is 2. The van der Waals surface area contributed by atoms with Crippen LogP contribution in [0.4, 0.5) is 0 Å². The van der Waals surface area contributed by atoms with E-state index in [0.29, 0.717) is 13.2 Å². The fourth-order valence-electron chi connectivity index (χ4n) is 5.07. The molecule has 1 aromatic carbocycles. The maximum Gasteiger partial charge on any atom is 0.226 e. The van der Waals surface area contributed by atoms with E-state index in [0.717, 1.165) is 56.4 Å². The highest BCUT2D eigenvalue weighted by Crippen LogP contribution is 2.41. The molecule has 7 nitrogen and oxygen atoms in total. The van der Waals surface area contributed by atoms with E-state index in [-0.39, 0.29) is 30.2 Å². The number of ether oxygens (including phenoxy) is 3. The highest BCUT2D eigenvalue weighted by molar-refractivity contribution is 5.84. The van der Waals surface area contributed by atoms with Crippen molar-refractivity contribution >= 4 is 11.8 Å². The van der Waals surface area contributed by atoms with Crippen LogP contribution in [0.2, 0.25) is 0 Å². The number of nitrogens with two attached hydrogens (primary N) is 1. The van der Waals surface area contributed by atoms with E-state index >= 15 is 0 Å². The molecule has 7 heteroatoms. The Bertz CT molecular complexity index is 786. The van der Waals surface area contributed by atoms with Crippen LogP contribution in [0.25, 0.3) is 0 Å². The third-order valence-corrected chi connectivity index (χ3v) is 7.15. The third kappa shape index (κ3) is 10.00. The molecule has 36 heavy (non-hydrogen) atoms. The summed E-state index contributed by atoms with van der Waals surface area (Å²) in [6.45, 7) is 11.6. The summed E-state index contributed by atoms with van der Waals surface area (Å²) in [6, 6.07) is 5.89. The normalized spacial score (nSPS) is 12.6. The molecule has 0 aliphatic rings. The van der Waals surface area contributed by atoms with Crippen LogP contribution in [0.15, 0.2) is 18.2 Å². The van der Waals surface area contributed by atoms with Gasteiger partial charge in [-0.2, -0.15) is 0 Å². The molecule has 1 atom stereocenters. The van der Waals surface area contributed by atoms with Crippen LogP contribution < -0.4 is 20.5 Å². The number of carbonyl (C=O) groups excluding carboxylic acids is 2. The number of carbonyl (C=O) groups is 2. The van der Waals surface area contributed by atoms with Crippen molar-refractivity contribution in [3.05, 3.63) is 23.8 Å². The van der Waals surface area contributed by atoms with Crippen LogP contribution in [0.3, 0.4) is 0 Å². The number of nitrogens with one attached hydrogen (secondary N) is 1. The molecule has 0 radical (unpaired) electrons. The molecule has 3 N–H and O–H groups in total. The van der Waals surface area contributed by atoms with Crippen LogP contribution in [-0.4, -0.2) is 45.3 Å². The van der Waals surface area contributed by atoms with Crippen molar-refractivity contribution in [1.82, 2.24) is 5.32 Å². The monoisotopic (exact) mass is 506 g/mol. The zero-order valence-electron chi connectivity index (χ0n) is 23.7. The van der Waals surface area contributed by atoms with Crippen molar-refractivity contribution in [2.45, 2.75) is 92.0 Å². The lowest BCUT2D eigenvalue weighted by Gasteiger charge is -2.41. The third-order valence-electron chi connectivity index (χ3n) is 7.15. The average Bonchev–Trinajstić information content (AvgIpc) is 2.80. The first-order chi connectivity index (χ1) is 17.1. The Morgan fingerprint density at radius 2 is 1.58 bits per heavy atom. The zero-order chi connectivity index (χ0) is 27.1. The number of amides is 2. The van der Waals surface area contributed by atoms with Crippen molar-refractivity contribution in [1.29, 1.82) is 0 Å². The Labute approximate surface area is 218 Å². The SMILES string of the molecule is COCCCOc1cc(CCCCCCC(C(=O)N[C@H](C)CC(N)=O)(C(C)C)C(C)C)ccc1OC. The number of benzene rings is 1. The minimum atomic E-state index is -0.461. The molecule has 1 rings (SSSR count). The van der Waals surface area contributed by atoms with Gasteiger partial charge in [0.2, 0.25) is 11.8 Å². The molecule has 0 bridgehead atoms. The standard InChI is InChI=1S/C29H50N2O5/c1-21(2)29(22(3)4,28(33)31-23(5)19-27(30)32)16-11-9-8-10-13-24-14-15-25(35-7)26(20-24)36-18-12-17-34-6/h14-15,20-23H,8-13,16-19H2,1-7H3,(H2,30,32)(H,31,33)/t23-/m1/s1. The summed E-state index contributed by atoms with van der Waals surface area (Å²) in [5.74, 6) is 1.56. The second kappa shape index (κ2) is 16.5. The summed E-state index contributed by atoms with van der Waals surface area (Å²) >= 11 is 0. The highest BCUT2D eigenvalue weighted by atomic mass is 16.5. The molecule has 0 spiro atoms. The fraction of sp³-hybridized carbons (Fsp3) is 0.724. The van der Waals surface area contributed by atoms with E-state index in [2.05, 4.69) is 45.1 Å². The molecule has 206 valence electrons. The van der Waals surface area contributed by atoms with Gasteiger partial charge in [-0.3, -0.25) is 9.59 Å². The van der Waals surface area contributed by atoms with E-state index in [4.69, 9.17) is 19.9 Å². The highest BCUT2D eigenvalue weighted by Gasteiger charge is 2.44. The van der Waals surface area contributed by atoms with E-state index in [9.17, 15) is 9.59 Å². The van der Waals surface area contributed by atoms with Gasteiger partial charge >= 0.3 is 0 Å². The molecule has 0 aliphatic carbocycles. The first kappa shape index (κ1) is 31.7. The van der Waals surface area contributed by atoms with Gasteiger partial charge in [-0.15, -0.1) is 0 Å². The molecule has 0 unspecified atom stereocenters. The maximum absolute atomic E-state index is 13.3. The number of unbranched alkanes of at least 4 members (excludes halogenated alkanes) is 3. The largest absolute Gasteiger partial charge is 0.493 e. The quantitative estimate of drug-likeness (QED) is 0.249. The summed E-state index contributed by atoms with van der Waals surface area (Å²) in [4.78, 5) is 24.6. The van der Waals surface area contributed by atoms with Gasteiger partial charge in [0.1, 0.15) is 0 Å². The number of rotatable bonds is 19. The van der Waals surface area contributed by atoms with E-state index in [1.807, 2.05) is 13.0 Å². The predicted octanol–water partition coefficient (Wildman–Crippen LogP) is 5.28. The van der Waals surface area contributed by atoms with E-state index in [1.54, 1.807) is 14.2 Å². The van der Waals surface area contributed by atoms with Crippen LogP contribution in [0, 0.1) is 17.3 Å². The number of primary amides is 1. The van der Waals surface area contributed by atoms with Crippen molar-refractivity contribution in [3.8, 4) is 11.5 Å². The summed E-state index contributed by atoms with van der Waals surface area (Å²) in [5.41, 5.74) is 6.09. The maximum atomic E-state index is 13.3. The van der Waals surface area contributed by atoms with Crippen LogP contribution >= 0.6 is 0 Å². The summed E-state index contributed by atoms with van der Waals surface area (Å²) in [6.07, 6.45) is 7.04. The van der Waals surface area contributed by atoms with Gasteiger partial charge in [0.15, 0.2) is 11.5 Å². The molecule has 0 saturated heterocycles. The van der Waals surface area contributed by atoms with Gasteiger partial charge in [-0.05, 0) is 55.7 Å². The first-order valence-corrected chi connectivity index (χ1v) is 13.5. The lowest BCUT2D eigenvalue weighted by molar-refractivity contribution is -0.138. The van der Waals surface area contributed by atoms with Gasteiger partial charge in [0.25, 0.3) is 0 Å². The molecule has 0 heterocycles. The van der Waals surface area contributed by atoms with E-state index < -0.39 is 11.3 Å². The summed E-state index contributed by atoms with van der Waals surface area (Å²) in [7, 11) is 3.35. The Morgan fingerprint density at radius 3 is 2.17 bits per heavy atom. The first-order valence-electron chi connectivity index (χ1n) is 13.5. The fourth-order valence-corrected chi connectivity index (χ4v) is 5.07. The lowest BCUT2D eigenvalue weighted by atomic mass is 9.65. The lowest BCUT2D eigenvalue weighted by Crippen LogP contribution is -2.51. The zero-order valence-corrected chi connectivity index (χ0v) is 23.7. The molecule has 0 aromatic heterocycles. The Morgan fingerprint density at radius 1 is 0.917 bits per heavy atom. The van der Waals surface area contributed by atoms with Gasteiger partial charge in [0, 0.05) is 32.6 Å². The van der Waals surface area contributed by atoms with Gasteiger partial charge in [0.05, 0.1) is 19.1 Å². The number of hydrogen-bond donors (Lipinski definition) is 2. The summed E-state index contributed by atoms with van der Waals surface area (Å²) in [5, 5.41) is 3.06. The summed E-state index contributed by atoms with van der Waals surface area (Å²) < 4.78 is 16.4. The van der Waals surface area contributed by atoms with Gasteiger partial charge in [-0.1, -0.05) is 53.0 Å². The Balaban J connectivity index is 2.62. The molecular formula is C29H50N2O5. The predicted molar refractivity (Wildman–Crippen MR) is 145 cm³/mol. The Hall–Kier alpha value is -2.28. The van der Waals surface area contributed by atoms with Gasteiger partial charge < -0.3 is 25.3 Å². The van der Waals surface area contributed by atoms with Crippen molar-refractivity contribution in [2.24, 2.45) is 23.0 Å². The van der Waals surface area contributed by atoms with Crippen molar-refractivity contribution < 1.29 is 23.8 Å². The average molecular weight is 507 g/mol. The number of hydrogen-bond acceptors (Lipinski definition) is 5. The van der Waals surface area contributed by atoms with Crippen molar-refractivity contribution in [2.75, 3.05) is 27.4 Å². The molecule has 0 fully saturated rings. The second-order valence-corrected chi connectivity index (χ2v) is 10.5. The topological polar surface area (TPSA) is 99.9 Å². The van der Waals surface area contributed by atoms with Gasteiger partial charge in [-0.25, -0.2) is 0 Å². The molecule has 2 amide bonds. The van der Waals surface area contributed by atoms with Crippen molar-refractivity contribution in [3.63, 3.8) is 0 Å². The molecule has 0 saturated carbocycles. The minimum absolute atomic E-state index is 0.0394. The second-order valence-electron chi connectivity index (χ2n) is 10.5. The molecule has 0 aliphatic heterocycles. The van der Waals surface area contributed by atoms with Crippen LogP contribution in [-0.2, 0) is 20.7 Å². The minimum Gasteiger partial charge on any atom is -0.493 e. The Kier molecular flexibility index (Phi) is 14.5. The molecule has 1 aromatic rings. The van der Waals surface area contributed by atoms with Crippen LogP contribution in [0.5, 0.6) is 11.5 Å². The smallest absolute Gasteiger partial charge is 0.226 e. The number of aryl methyl sites for hydroxylation is 1.